The zero-order chi connectivity index (χ0) is 10.8. The Kier molecular flexibility index (Phi) is 2.97. The fraction of sp³-hybridized carbons (Fsp3) is 0.667. The number of piperidine rings is 1. The predicted octanol–water partition coefficient (Wildman–Crippen LogP) is 0.443. The maximum atomic E-state index is 11.9. The van der Waals surface area contributed by atoms with Gasteiger partial charge in [-0.3, -0.25) is 4.79 Å². The summed E-state index contributed by atoms with van der Waals surface area (Å²) in [5.74, 6) is 0.514. The minimum absolute atomic E-state index is 0.112. The van der Waals surface area contributed by atoms with Crippen molar-refractivity contribution in [3.63, 3.8) is 0 Å². The third-order valence-electron chi connectivity index (χ3n) is 2.39. The highest BCUT2D eigenvalue weighted by atomic mass is 32.1. The number of hydrogen-bond donors (Lipinski definition) is 1. The van der Waals surface area contributed by atoms with Crippen LogP contribution in [0.5, 0.6) is 0 Å². The van der Waals surface area contributed by atoms with Crippen molar-refractivity contribution in [2.75, 3.05) is 13.1 Å². The zero-order valence-corrected chi connectivity index (χ0v) is 9.33. The minimum Gasteiger partial charge on any atom is -0.391 e. The van der Waals surface area contributed by atoms with Crippen molar-refractivity contribution < 1.29 is 9.90 Å². The number of aromatic nitrogens is 2. The molecule has 1 saturated heterocycles. The Morgan fingerprint density at radius 1 is 1.67 bits per heavy atom. The quantitative estimate of drug-likeness (QED) is 0.756. The number of nitrogens with zero attached hydrogens (tertiary/aromatic N) is 3. The van der Waals surface area contributed by atoms with Crippen molar-refractivity contribution in [1.29, 1.82) is 0 Å². The molecule has 15 heavy (non-hydrogen) atoms. The molecule has 1 aliphatic heterocycles. The molecule has 1 aromatic rings. The van der Waals surface area contributed by atoms with E-state index >= 15 is 0 Å². The number of aliphatic hydroxyl groups excluding tert-OH is 1. The second-order valence-electron chi connectivity index (χ2n) is 3.69. The first-order valence-electron chi connectivity index (χ1n) is 4.94. The maximum absolute atomic E-state index is 11.9. The predicted molar refractivity (Wildman–Crippen MR) is 55.8 cm³/mol. The van der Waals surface area contributed by atoms with Gasteiger partial charge in [0.05, 0.1) is 6.10 Å². The van der Waals surface area contributed by atoms with Gasteiger partial charge >= 0.3 is 0 Å². The van der Waals surface area contributed by atoms with Gasteiger partial charge < -0.3 is 10.0 Å². The topological polar surface area (TPSA) is 66.3 Å². The van der Waals surface area contributed by atoms with Crippen LogP contribution in [0.2, 0.25) is 0 Å². The minimum atomic E-state index is -0.392. The van der Waals surface area contributed by atoms with E-state index in [0.717, 1.165) is 24.4 Å². The van der Waals surface area contributed by atoms with Crippen molar-refractivity contribution in [3.8, 4) is 0 Å². The van der Waals surface area contributed by atoms with Gasteiger partial charge in [0.2, 0.25) is 5.01 Å². The second kappa shape index (κ2) is 4.24. The molecule has 0 spiro atoms. The summed E-state index contributed by atoms with van der Waals surface area (Å²) in [6.45, 7) is 2.88. The smallest absolute Gasteiger partial charge is 0.284 e. The summed E-state index contributed by atoms with van der Waals surface area (Å²) in [5, 5.41) is 9.87. The Labute approximate surface area is 91.9 Å². The molecule has 0 aliphatic carbocycles. The molecule has 2 rings (SSSR count). The van der Waals surface area contributed by atoms with Crippen molar-refractivity contribution in [2.45, 2.75) is 25.9 Å². The van der Waals surface area contributed by atoms with Crippen LogP contribution in [-0.2, 0) is 0 Å². The molecular weight excluding hydrogens is 214 g/mol. The van der Waals surface area contributed by atoms with Gasteiger partial charge in [-0.15, -0.1) is 0 Å². The van der Waals surface area contributed by atoms with Crippen LogP contribution in [0.3, 0.4) is 0 Å². The van der Waals surface area contributed by atoms with Crippen molar-refractivity contribution in [3.05, 3.63) is 10.8 Å². The number of aliphatic hydroxyl groups is 1. The maximum Gasteiger partial charge on any atom is 0.284 e. The molecule has 1 amide bonds. The molecule has 82 valence electrons. The average Bonchev–Trinajstić information content (AvgIpc) is 2.64. The number of rotatable bonds is 1. The van der Waals surface area contributed by atoms with E-state index < -0.39 is 6.10 Å². The molecule has 6 heteroatoms. The van der Waals surface area contributed by atoms with Gasteiger partial charge in [0, 0.05) is 13.1 Å². The molecule has 1 aliphatic rings. The van der Waals surface area contributed by atoms with E-state index in [1.54, 1.807) is 11.8 Å². The van der Waals surface area contributed by atoms with Crippen molar-refractivity contribution in [2.24, 2.45) is 0 Å². The highest BCUT2D eigenvalue weighted by Crippen LogP contribution is 2.14. The van der Waals surface area contributed by atoms with E-state index in [-0.39, 0.29) is 5.91 Å². The summed E-state index contributed by atoms with van der Waals surface area (Å²) in [7, 11) is 0. The van der Waals surface area contributed by atoms with Gasteiger partial charge in [0.15, 0.2) is 0 Å². The molecule has 0 aromatic carbocycles. The van der Waals surface area contributed by atoms with Crippen molar-refractivity contribution >= 4 is 17.4 Å². The molecule has 2 heterocycles. The van der Waals surface area contributed by atoms with Crippen LogP contribution in [-0.4, -0.2) is 44.5 Å². The lowest BCUT2D eigenvalue weighted by molar-refractivity contribution is 0.0473. The lowest BCUT2D eigenvalue weighted by Crippen LogP contribution is -2.42. The second-order valence-corrected chi connectivity index (χ2v) is 4.45. The van der Waals surface area contributed by atoms with Gasteiger partial charge in [-0.25, -0.2) is 4.98 Å². The Bertz CT molecular complexity index is 366. The summed E-state index contributed by atoms with van der Waals surface area (Å²) >= 11 is 1.12. The van der Waals surface area contributed by atoms with Gasteiger partial charge in [-0.2, -0.15) is 4.37 Å². The lowest BCUT2D eigenvalue weighted by Gasteiger charge is -2.29. The van der Waals surface area contributed by atoms with Gasteiger partial charge in [0.1, 0.15) is 5.82 Å². The fourth-order valence-corrected chi connectivity index (χ4v) is 2.30. The molecule has 1 unspecified atom stereocenters. The van der Waals surface area contributed by atoms with Gasteiger partial charge in [0.25, 0.3) is 5.91 Å². The Balaban J connectivity index is 2.07. The van der Waals surface area contributed by atoms with Crippen LogP contribution in [0.25, 0.3) is 0 Å². The standard InChI is InChI=1S/C9H13N3O2S/c1-6-10-8(15-11-6)9(14)12-4-2-3-7(13)5-12/h7,13H,2-5H2,1H3. The molecule has 1 aromatic heterocycles. The Morgan fingerprint density at radius 3 is 3.07 bits per heavy atom. The zero-order valence-electron chi connectivity index (χ0n) is 8.51. The first-order valence-corrected chi connectivity index (χ1v) is 5.72. The van der Waals surface area contributed by atoms with Gasteiger partial charge in [-0.1, -0.05) is 0 Å². The summed E-state index contributed by atoms with van der Waals surface area (Å²) in [6, 6.07) is 0. The summed E-state index contributed by atoms with van der Waals surface area (Å²) in [5.41, 5.74) is 0. The average molecular weight is 227 g/mol. The molecule has 0 bridgehead atoms. The van der Waals surface area contributed by atoms with E-state index in [9.17, 15) is 9.90 Å². The number of amides is 1. The molecule has 1 fully saturated rings. The summed E-state index contributed by atoms with van der Waals surface area (Å²) in [6.07, 6.45) is 1.24. The highest BCUT2D eigenvalue weighted by molar-refractivity contribution is 7.07. The van der Waals surface area contributed by atoms with Crippen molar-refractivity contribution in [1.82, 2.24) is 14.3 Å². The number of carbonyl (C=O) groups is 1. The van der Waals surface area contributed by atoms with E-state index in [4.69, 9.17) is 0 Å². The monoisotopic (exact) mass is 227 g/mol. The molecule has 0 radical (unpaired) electrons. The number of β-amino-alcohol motifs (C(OH)–C–C–N with tert-alkyl or cyclic N) is 1. The van der Waals surface area contributed by atoms with E-state index in [2.05, 4.69) is 9.36 Å². The molecule has 1 atom stereocenters. The van der Waals surface area contributed by atoms with Crippen LogP contribution in [0.1, 0.15) is 28.5 Å². The van der Waals surface area contributed by atoms with Crippen LogP contribution in [0.15, 0.2) is 0 Å². The molecule has 0 saturated carbocycles. The van der Waals surface area contributed by atoms with Gasteiger partial charge in [-0.05, 0) is 31.3 Å². The Hall–Kier alpha value is -1.01. The fourth-order valence-electron chi connectivity index (χ4n) is 1.66. The number of hydrogen-bond acceptors (Lipinski definition) is 5. The third-order valence-corrected chi connectivity index (χ3v) is 3.19. The summed E-state index contributed by atoms with van der Waals surface area (Å²) < 4.78 is 3.97. The number of aryl methyl sites for hydroxylation is 1. The first-order chi connectivity index (χ1) is 7.16. The van der Waals surface area contributed by atoms with Crippen LogP contribution >= 0.6 is 11.5 Å². The van der Waals surface area contributed by atoms with E-state index in [1.807, 2.05) is 0 Å². The molecule has 1 N–H and O–H groups in total. The first kappa shape index (κ1) is 10.5. The third kappa shape index (κ3) is 2.32. The van der Waals surface area contributed by atoms with E-state index in [1.165, 1.54) is 0 Å². The largest absolute Gasteiger partial charge is 0.391 e. The Morgan fingerprint density at radius 2 is 2.47 bits per heavy atom. The normalized spacial score (nSPS) is 21.7. The molecule has 5 nitrogen and oxygen atoms in total. The summed E-state index contributed by atoms with van der Waals surface area (Å²) in [4.78, 5) is 17.6. The number of likely N-dealkylation sites (tertiary alicyclic amines) is 1. The number of carbonyl (C=O) groups excluding carboxylic acids is 1. The van der Waals surface area contributed by atoms with Crippen LogP contribution in [0.4, 0.5) is 0 Å². The van der Waals surface area contributed by atoms with E-state index in [0.29, 0.717) is 23.9 Å². The highest BCUT2D eigenvalue weighted by Gasteiger charge is 2.25. The molecular formula is C9H13N3O2S. The van der Waals surface area contributed by atoms with Crippen LogP contribution in [0, 0.1) is 6.92 Å². The lowest BCUT2D eigenvalue weighted by atomic mass is 10.1. The SMILES string of the molecule is Cc1nsc(C(=O)N2CCCC(O)C2)n1. The van der Waals surface area contributed by atoms with Crippen LogP contribution < -0.4 is 0 Å².